The van der Waals surface area contributed by atoms with Crippen molar-refractivity contribution < 1.29 is 4.74 Å². The van der Waals surface area contributed by atoms with Crippen molar-refractivity contribution in [1.82, 2.24) is 10.6 Å². The van der Waals surface area contributed by atoms with Crippen molar-refractivity contribution in [1.29, 1.82) is 0 Å². The summed E-state index contributed by atoms with van der Waals surface area (Å²) in [5.41, 5.74) is 7.91. The number of nitrogens with two attached hydrogens (primary N) is 1. The highest BCUT2D eigenvalue weighted by molar-refractivity contribution is 5.89. The molecule has 0 saturated heterocycles. The molecular weight excluding hydrogens is 288 g/mol. The van der Waals surface area contributed by atoms with E-state index in [0.717, 1.165) is 36.9 Å². The number of rotatable bonds is 8. The Hall–Kier alpha value is -1.59. The normalized spacial score (nSPS) is 21.3. The van der Waals surface area contributed by atoms with Gasteiger partial charge in [-0.15, -0.1) is 0 Å². The zero-order valence-electron chi connectivity index (χ0n) is 14.1. The molecule has 126 valence electrons. The number of hydrogen-bond acceptors (Lipinski definition) is 5. The summed E-state index contributed by atoms with van der Waals surface area (Å²) >= 11 is 0. The van der Waals surface area contributed by atoms with Crippen LogP contribution in [0.4, 0.5) is 5.69 Å². The van der Waals surface area contributed by atoms with E-state index in [9.17, 15) is 0 Å². The fourth-order valence-corrected chi connectivity index (χ4v) is 2.78. The number of ether oxygens (including phenoxy) is 1. The van der Waals surface area contributed by atoms with Gasteiger partial charge in [0.15, 0.2) is 6.10 Å². The Labute approximate surface area is 138 Å². The molecule has 1 saturated carbocycles. The molecule has 0 spiro atoms. The van der Waals surface area contributed by atoms with Crippen molar-refractivity contribution in [2.75, 3.05) is 6.54 Å². The van der Waals surface area contributed by atoms with Crippen molar-refractivity contribution in [3.8, 4) is 5.75 Å². The maximum absolute atomic E-state index is 5.88. The summed E-state index contributed by atoms with van der Waals surface area (Å²) in [6.07, 6.45) is 5.31. The number of nitrogens with one attached hydrogen (secondary N) is 2. The summed E-state index contributed by atoms with van der Waals surface area (Å²) < 4.78 is 5.75. The van der Waals surface area contributed by atoms with E-state index in [0.29, 0.717) is 12.0 Å². The molecule has 5 heteroatoms. The van der Waals surface area contributed by atoms with Crippen LogP contribution in [0.15, 0.2) is 23.2 Å². The Morgan fingerprint density at radius 3 is 2.91 bits per heavy atom. The van der Waals surface area contributed by atoms with Crippen molar-refractivity contribution in [2.45, 2.75) is 58.3 Å². The summed E-state index contributed by atoms with van der Waals surface area (Å²) in [6, 6.07) is 6.15. The lowest BCUT2D eigenvalue weighted by atomic mass is 10.1. The highest BCUT2D eigenvalue weighted by atomic mass is 16.5. The zero-order chi connectivity index (χ0) is 16.2. The topological polar surface area (TPSA) is 71.7 Å². The first-order chi connectivity index (χ1) is 11.2. The van der Waals surface area contributed by atoms with Crippen LogP contribution in [0.2, 0.25) is 0 Å². The third-order valence-corrected chi connectivity index (χ3v) is 4.47. The van der Waals surface area contributed by atoms with Gasteiger partial charge in [-0.1, -0.05) is 19.4 Å². The van der Waals surface area contributed by atoms with Crippen LogP contribution >= 0.6 is 0 Å². The number of nitrogens with zero attached hydrogens (tertiary/aromatic N) is 1. The standard InChI is InChI=1S/C18H28N4O/c1-3-4-17(20-10-13-5-6-13)21-11-14-7-8-16-15(9-14)22-18(19)12(2)23-16/h7-9,12-13,17,20-21H,3-6,10-11H2,1-2H3,(H2,19,22). The van der Waals surface area contributed by atoms with E-state index in [4.69, 9.17) is 10.5 Å². The molecule has 1 aliphatic heterocycles. The molecule has 1 aromatic rings. The Bertz CT molecular complexity index is 568. The second-order valence-electron chi connectivity index (χ2n) is 6.67. The predicted octanol–water partition coefficient (Wildman–Crippen LogP) is 2.67. The van der Waals surface area contributed by atoms with E-state index in [1.165, 1.54) is 24.8 Å². The molecule has 23 heavy (non-hydrogen) atoms. The van der Waals surface area contributed by atoms with E-state index >= 15 is 0 Å². The van der Waals surface area contributed by atoms with Crippen LogP contribution in [0.25, 0.3) is 0 Å². The maximum Gasteiger partial charge on any atom is 0.153 e. The summed E-state index contributed by atoms with van der Waals surface area (Å²) in [4.78, 5) is 4.44. The minimum Gasteiger partial charge on any atom is -0.481 e. The summed E-state index contributed by atoms with van der Waals surface area (Å²) in [6.45, 7) is 6.09. The first kappa shape index (κ1) is 16.3. The average Bonchev–Trinajstić information content (AvgIpc) is 3.35. The van der Waals surface area contributed by atoms with Crippen LogP contribution in [0.5, 0.6) is 5.75 Å². The molecule has 2 atom stereocenters. The number of benzene rings is 1. The molecule has 3 rings (SSSR count). The molecule has 4 N–H and O–H groups in total. The van der Waals surface area contributed by atoms with Gasteiger partial charge in [0.25, 0.3) is 0 Å². The third-order valence-electron chi connectivity index (χ3n) is 4.47. The molecule has 0 bridgehead atoms. The maximum atomic E-state index is 5.88. The van der Waals surface area contributed by atoms with E-state index in [1.807, 2.05) is 13.0 Å². The molecule has 2 aliphatic rings. The molecular formula is C18H28N4O. The number of fused-ring (bicyclic) bond motifs is 1. The van der Waals surface area contributed by atoms with Crippen molar-refractivity contribution in [3.05, 3.63) is 23.8 Å². The predicted molar refractivity (Wildman–Crippen MR) is 94.1 cm³/mol. The molecule has 1 aromatic carbocycles. The highest BCUT2D eigenvalue weighted by Gasteiger charge is 2.22. The van der Waals surface area contributed by atoms with Gasteiger partial charge in [0.1, 0.15) is 17.3 Å². The third kappa shape index (κ3) is 4.45. The van der Waals surface area contributed by atoms with Crippen molar-refractivity contribution >= 4 is 11.5 Å². The quantitative estimate of drug-likeness (QED) is 0.645. The molecule has 0 amide bonds. The molecule has 1 heterocycles. The number of aliphatic imine (C=N–C) groups is 1. The van der Waals surface area contributed by atoms with Crippen LogP contribution in [0, 0.1) is 5.92 Å². The monoisotopic (exact) mass is 316 g/mol. The summed E-state index contributed by atoms with van der Waals surface area (Å²) in [7, 11) is 0. The number of hydrogen-bond donors (Lipinski definition) is 3. The van der Waals surface area contributed by atoms with Crippen LogP contribution in [0.1, 0.15) is 45.1 Å². The minimum absolute atomic E-state index is 0.146. The lowest BCUT2D eigenvalue weighted by Gasteiger charge is -2.22. The fourth-order valence-electron chi connectivity index (χ4n) is 2.78. The second kappa shape index (κ2) is 7.32. The molecule has 5 nitrogen and oxygen atoms in total. The molecule has 1 fully saturated rings. The Balaban J connectivity index is 1.58. The van der Waals surface area contributed by atoms with Gasteiger partial charge in [0, 0.05) is 6.54 Å². The van der Waals surface area contributed by atoms with Gasteiger partial charge in [0.2, 0.25) is 0 Å². The van der Waals surface area contributed by atoms with Crippen molar-refractivity contribution in [2.24, 2.45) is 16.6 Å². The van der Waals surface area contributed by atoms with Crippen LogP contribution in [-0.2, 0) is 6.54 Å². The van der Waals surface area contributed by atoms with E-state index in [2.05, 4.69) is 34.7 Å². The van der Waals surface area contributed by atoms with Gasteiger partial charge in [-0.25, -0.2) is 4.99 Å². The van der Waals surface area contributed by atoms with E-state index in [1.54, 1.807) is 0 Å². The molecule has 2 unspecified atom stereocenters. The molecule has 0 radical (unpaired) electrons. The molecule has 1 aliphatic carbocycles. The Kier molecular flexibility index (Phi) is 5.18. The zero-order valence-corrected chi connectivity index (χ0v) is 14.1. The lowest BCUT2D eigenvalue weighted by Crippen LogP contribution is -2.42. The van der Waals surface area contributed by atoms with Gasteiger partial charge in [-0.2, -0.15) is 0 Å². The first-order valence-electron chi connectivity index (χ1n) is 8.76. The Morgan fingerprint density at radius 2 is 2.17 bits per heavy atom. The van der Waals surface area contributed by atoms with Gasteiger partial charge in [-0.3, -0.25) is 5.32 Å². The van der Waals surface area contributed by atoms with Crippen LogP contribution in [0.3, 0.4) is 0 Å². The highest BCUT2D eigenvalue weighted by Crippen LogP contribution is 2.32. The van der Waals surface area contributed by atoms with Gasteiger partial charge in [0.05, 0.1) is 6.17 Å². The van der Waals surface area contributed by atoms with Crippen LogP contribution in [-0.4, -0.2) is 24.7 Å². The largest absolute Gasteiger partial charge is 0.481 e. The second-order valence-corrected chi connectivity index (χ2v) is 6.67. The van der Waals surface area contributed by atoms with E-state index in [-0.39, 0.29) is 6.10 Å². The smallest absolute Gasteiger partial charge is 0.153 e. The van der Waals surface area contributed by atoms with Gasteiger partial charge >= 0.3 is 0 Å². The summed E-state index contributed by atoms with van der Waals surface area (Å²) in [5.74, 6) is 2.25. The van der Waals surface area contributed by atoms with Crippen molar-refractivity contribution in [3.63, 3.8) is 0 Å². The summed E-state index contributed by atoms with van der Waals surface area (Å²) in [5, 5.41) is 7.26. The van der Waals surface area contributed by atoms with Gasteiger partial charge in [-0.05, 0) is 56.3 Å². The number of amidine groups is 1. The van der Waals surface area contributed by atoms with Gasteiger partial charge < -0.3 is 15.8 Å². The minimum atomic E-state index is -0.146. The first-order valence-corrected chi connectivity index (χ1v) is 8.76. The fraction of sp³-hybridized carbons (Fsp3) is 0.611. The SMILES string of the molecule is CCCC(NCc1ccc2c(c1)N=C(N)C(C)O2)NCC1CC1. The molecule has 0 aromatic heterocycles. The van der Waals surface area contributed by atoms with Crippen LogP contribution < -0.4 is 21.1 Å². The Morgan fingerprint density at radius 1 is 1.35 bits per heavy atom. The lowest BCUT2D eigenvalue weighted by molar-refractivity contribution is 0.281. The average molecular weight is 316 g/mol. The van der Waals surface area contributed by atoms with E-state index < -0.39 is 0 Å².